The Kier molecular flexibility index (Phi) is 4.80. The lowest BCUT2D eigenvalue weighted by molar-refractivity contribution is -0.164. The van der Waals surface area contributed by atoms with Crippen molar-refractivity contribution in [3.05, 3.63) is 0 Å². The molecule has 1 unspecified atom stereocenters. The number of hydrogen-bond donors (Lipinski definition) is 1. The fourth-order valence-electron chi connectivity index (χ4n) is 1.91. The van der Waals surface area contributed by atoms with Gasteiger partial charge in [-0.2, -0.15) is 13.2 Å². The molecule has 0 spiro atoms. The number of alkyl halides is 3. The number of nitrogens with zero attached hydrogens (tertiary/aromatic N) is 1. The predicted molar refractivity (Wildman–Crippen MR) is 58.4 cm³/mol. The van der Waals surface area contributed by atoms with Gasteiger partial charge in [-0.25, -0.2) is 0 Å². The Morgan fingerprint density at radius 3 is 2.41 bits per heavy atom. The summed E-state index contributed by atoms with van der Waals surface area (Å²) in [5.41, 5.74) is 0. The second-order valence-electron chi connectivity index (χ2n) is 4.58. The van der Waals surface area contributed by atoms with Crippen molar-refractivity contribution in [2.45, 2.75) is 26.4 Å². The molecule has 0 aromatic carbocycles. The molecular weight excluding hydrogens is 233 g/mol. The number of carbonyl (C=O) groups excluding carboxylic acids is 1. The molecule has 3 nitrogen and oxygen atoms in total. The standard InChI is InChI=1S/C11H19F3N2O/c1-3-4-16(7-11(12,13)14)10(17)8(2)9-5-15-6-9/h8-9,15H,3-7H2,1-2H3. The van der Waals surface area contributed by atoms with Crippen LogP contribution in [0.25, 0.3) is 0 Å². The van der Waals surface area contributed by atoms with Gasteiger partial charge in [0, 0.05) is 12.5 Å². The highest BCUT2D eigenvalue weighted by atomic mass is 19.4. The van der Waals surface area contributed by atoms with Crippen LogP contribution in [-0.2, 0) is 4.79 Å². The molecule has 1 aliphatic rings. The Hall–Kier alpha value is -0.780. The highest BCUT2D eigenvalue weighted by Gasteiger charge is 2.37. The van der Waals surface area contributed by atoms with Gasteiger partial charge in [-0.3, -0.25) is 4.79 Å². The number of hydrogen-bond acceptors (Lipinski definition) is 2. The molecule has 1 saturated heterocycles. The average molecular weight is 252 g/mol. The van der Waals surface area contributed by atoms with E-state index in [1.165, 1.54) is 0 Å². The van der Waals surface area contributed by atoms with Crippen molar-refractivity contribution in [3.8, 4) is 0 Å². The Morgan fingerprint density at radius 2 is 2.06 bits per heavy atom. The summed E-state index contributed by atoms with van der Waals surface area (Å²) in [4.78, 5) is 12.9. The van der Waals surface area contributed by atoms with Crippen LogP contribution in [0, 0.1) is 11.8 Å². The van der Waals surface area contributed by atoms with Crippen LogP contribution < -0.4 is 5.32 Å². The summed E-state index contributed by atoms with van der Waals surface area (Å²) in [6.07, 6.45) is -3.78. The fraction of sp³-hybridized carbons (Fsp3) is 0.909. The van der Waals surface area contributed by atoms with E-state index in [2.05, 4.69) is 5.32 Å². The minimum Gasteiger partial charge on any atom is -0.333 e. The molecule has 100 valence electrons. The Balaban J connectivity index is 2.58. The summed E-state index contributed by atoms with van der Waals surface area (Å²) >= 11 is 0. The molecule has 1 N–H and O–H groups in total. The Morgan fingerprint density at radius 1 is 1.47 bits per heavy atom. The monoisotopic (exact) mass is 252 g/mol. The molecule has 0 radical (unpaired) electrons. The van der Waals surface area contributed by atoms with E-state index in [1.807, 2.05) is 0 Å². The summed E-state index contributed by atoms with van der Waals surface area (Å²) in [5.74, 6) is -0.532. The van der Waals surface area contributed by atoms with E-state index < -0.39 is 12.7 Å². The van der Waals surface area contributed by atoms with E-state index in [4.69, 9.17) is 0 Å². The van der Waals surface area contributed by atoms with Gasteiger partial charge >= 0.3 is 6.18 Å². The zero-order valence-electron chi connectivity index (χ0n) is 10.2. The lowest BCUT2D eigenvalue weighted by atomic mass is 9.88. The topological polar surface area (TPSA) is 32.3 Å². The number of rotatable bonds is 5. The van der Waals surface area contributed by atoms with Gasteiger partial charge in [0.05, 0.1) is 0 Å². The van der Waals surface area contributed by atoms with Gasteiger partial charge in [-0.05, 0) is 25.4 Å². The van der Waals surface area contributed by atoms with E-state index in [-0.39, 0.29) is 24.3 Å². The SMILES string of the molecule is CCCN(CC(F)(F)F)C(=O)C(C)C1CNC1. The van der Waals surface area contributed by atoms with Crippen molar-refractivity contribution in [3.63, 3.8) is 0 Å². The van der Waals surface area contributed by atoms with Gasteiger partial charge in [0.25, 0.3) is 0 Å². The van der Waals surface area contributed by atoms with E-state index in [0.717, 1.165) is 18.0 Å². The van der Waals surface area contributed by atoms with Gasteiger partial charge < -0.3 is 10.2 Å². The molecule has 0 saturated carbocycles. The lowest BCUT2D eigenvalue weighted by Gasteiger charge is -2.35. The first-order chi connectivity index (χ1) is 7.85. The molecule has 0 aliphatic carbocycles. The van der Waals surface area contributed by atoms with E-state index in [9.17, 15) is 18.0 Å². The third-order valence-corrected chi connectivity index (χ3v) is 3.09. The number of amides is 1. The van der Waals surface area contributed by atoms with Crippen LogP contribution in [0.5, 0.6) is 0 Å². The van der Waals surface area contributed by atoms with Crippen LogP contribution in [0.1, 0.15) is 20.3 Å². The maximum atomic E-state index is 12.3. The summed E-state index contributed by atoms with van der Waals surface area (Å²) in [5, 5.41) is 3.02. The van der Waals surface area contributed by atoms with Crippen molar-refractivity contribution < 1.29 is 18.0 Å². The average Bonchev–Trinajstić information content (AvgIpc) is 2.11. The molecule has 17 heavy (non-hydrogen) atoms. The second-order valence-corrected chi connectivity index (χ2v) is 4.58. The summed E-state index contributed by atoms with van der Waals surface area (Å²) < 4.78 is 37.0. The lowest BCUT2D eigenvalue weighted by Crippen LogP contribution is -2.51. The second kappa shape index (κ2) is 5.71. The molecule has 0 aromatic rings. The quantitative estimate of drug-likeness (QED) is 0.806. The zero-order valence-corrected chi connectivity index (χ0v) is 10.2. The smallest absolute Gasteiger partial charge is 0.333 e. The number of halogens is 3. The van der Waals surface area contributed by atoms with E-state index in [0.29, 0.717) is 6.42 Å². The first-order valence-corrected chi connectivity index (χ1v) is 5.91. The van der Waals surface area contributed by atoms with Gasteiger partial charge in [-0.15, -0.1) is 0 Å². The molecule has 1 aliphatic heterocycles. The third-order valence-electron chi connectivity index (χ3n) is 3.09. The maximum absolute atomic E-state index is 12.3. The van der Waals surface area contributed by atoms with Gasteiger partial charge in [0.15, 0.2) is 0 Å². The molecule has 1 heterocycles. The maximum Gasteiger partial charge on any atom is 0.406 e. The van der Waals surface area contributed by atoms with Crippen LogP contribution in [0.15, 0.2) is 0 Å². The Labute approximate surface area is 99.4 Å². The first kappa shape index (κ1) is 14.3. The van der Waals surface area contributed by atoms with Crippen LogP contribution >= 0.6 is 0 Å². The predicted octanol–water partition coefficient (Wildman–Crippen LogP) is 1.64. The number of nitrogens with one attached hydrogen (secondary N) is 1. The minimum atomic E-state index is -4.32. The summed E-state index contributed by atoms with van der Waals surface area (Å²) in [7, 11) is 0. The molecule has 1 amide bonds. The normalized spacial score (nSPS) is 18.6. The molecule has 6 heteroatoms. The summed E-state index contributed by atoms with van der Waals surface area (Å²) in [6, 6.07) is 0. The summed E-state index contributed by atoms with van der Waals surface area (Å²) in [6.45, 7) is 3.96. The van der Waals surface area contributed by atoms with Crippen LogP contribution in [-0.4, -0.2) is 43.2 Å². The first-order valence-electron chi connectivity index (χ1n) is 5.91. The molecular formula is C11H19F3N2O. The fourth-order valence-corrected chi connectivity index (χ4v) is 1.91. The molecule has 0 bridgehead atoms. The van der Waals surface area contributed by atoms with Crippen molar-refractivity contribution >= 4 is 5.91 Å². The van der Waals surface area contributed by atoms with Gasteiger partial charge in [0.1, 0.15) is 6.54 Å². The largest absolute Gasteiger partial charge is 0.406 e. The van der Waals surface area contributed by atoms with Crippen LogP contribution in [0.2, 0.25) is 0 Å². The van der Waals surface area contributed by atoms with Gasteiger partial charge in [0.2, 0.25) is 5.91 Å². The Bertz CT molecular complexity index is 264. The number of carbonyl (C=O) groups is 1. The zero-order chi connectivity index (χ0) is 13.1. The molecule has 0 aromatic heterocycles. The van der Waals surface area contributed by atoms with E-state index >= 15 is 0 Å². The van der Waals surface area contributed by atoms with Crippen LogP contribution in [0.3, 0.4) is 0 Å². The minimum absolute atomic E-state index is 0.169. The highest BCUT2D eigenvalue weighted by molar-refractivity contribution is 5.79. The van der Waals surface area contributed by atoms with Gasteiger partial charge in [-0.1, -0.05) is 13.8 Å². The highest BCUT2D eigenvalue weighted by Crippen LogP contribution is 2.22. The van der Waals surface area contributed by atoms with Crippen LogP contribution in [0.4, 0.5) is 13.2 Å². The van der Waals surface area contributed by atoms with Crippen molar-refractivity contribution in [1.82, 2.24) is 10.2 Å². The van der Waals surface area contributed by atoms with Crippen molar-refractivity contribution in [2.24, 2.45) is 11.8 Å². The van der Waals surface area contributed by atoms with Crippen molar-refractivity contribution in [2.75, 3.05) is 26.2 Å². The molecule has 1 rings (SSSR count). The third kappa shape index (κ3) is 4.18. The van der Waals surface area contributed by atoms with E-state index in [1.54, 1.807) is 13.8 Å². The van der Waals surface area contributed by atoms with Crippen molar-refractivity contribution in [1.29, 1.82) is 0 Å². The molecule has 1 atom stereocenters. The molecule has 1 fully saturated rings.